The summed E-state index contributed by atoms with van der Waals surface area (Å²) in [5, 5.41) is 2.91. The van der Waals surface area contributed by atoms with Crippen LogP contribution in [0.2, 0.25) is 0 Å². The summed E-state index contributed by atoms with van der Waals surface area (Å²) in [7, 11) is 0. The quantitative estimate of drug-likeness (QED) is 0.225. The zero-order valence-electron chi connectivity index (χ0n) is 20.6. The Balaban J connectivity index is 1.54. The third-order valence-electron chi connectivity index (χ3n) is 5.85. The molecule has 2 amide bonds. The maximum absolute atomic E-state index is 14.1. The first-order valence-electron chi connectivity index (χ1n) is 12.2. The average molecular weight is 499 g/mol. The molecule has 0 unspecified atom stereocenters. The van der Waals surface area contributed by atoms with E-state index >= 15 is 0 Å². The van der Waals surface area contributed by atoms with Crippen molar-refractivity contribution in [3.63, 3.8) is 0 Å². The van der Waals surface area contributed by atoms with Crippen molar-refractivity contribution < 1.29 is 9.59 Å². The van der Waals surface area contributed by atoms with Crippen LogP contribution in [0.4, 0.5) is 22.7 Å². The van der Waals surface area contributed by atoms with Gasteiger partial charge in [-0.3, -0.25) is 20.4 Å². The van der Waals surface area contributed by atoms with Crippen LogP contribution in [0.3, 0.4) is 0 Å². The lowest BCUT2D eigenvalue weighted by atomic mass is 10.0. The van der Waals surface area contributed by atoms with E-state index in [4.69, 9.17) is 0 Å². The summed E-state index contributed by atoms with van der Waals surface area (Å²) in [5.74, 6) is -0.728. The molecule has 0 aromatic heterocycles. The largest absolute Gasteiger partial charge is 0.291 e. The number of hydrazine groups is 2. The van der Waals surface area contributed by atoms with Crippen LogP contribution >= 0.6 is 0 Å². The number of nitrogens with one attached hydrogen (secondary N) is 2. The van der Waals surface area contributed by atoms with E-state index in [1.54, 1.807) is 24.3 Å². The Labute approximate surface area is 221 Å². The fraction of sp³-hybridized carbons (Fsp3) is 0. The second-order valence-electron chi connectivity index (χ2n) is 8.45. The minimum absolute atomic E-state index is 0.264. The molecular formula is C32H26N4O2. The standard InChI is InChI=1S/C32H26N4O2/c37-31(35(27-19-9-3-10-20-27)33-25-15-5-1-6-16-25)29-23-13-14-24-30(29)32(38)36(28-21-11-4-12-22-28)34-26-17-7-2-8-18-26/h1-24,33-34H. The molecular weight excluding hydrogens is 472 g/mol. The van der Waals surface area contributed by atoms with Gasteiger partial charge in [-0.1, -0.05) is 84.9 Å². The number of rotatable bonds is 8. The summed E-state index contributed by atoms with van der Waals surface area (Å²) < 4.78 is 0. The number of nitrogens with zero attached hydrogens (tertiary/aromatic N) is 2. The number of hydrogen-bond donors (Lipinski definition) is 2. The van der Waals surface area contributed by atoms with E-state index in [1.807, 2.05) is 121 Å². The minimum Gasteiger partial charge on any atom is -0.291 e. The zero-order chi connectivity index (χ0) is 26.2. The van der Waals surface area contributed by atoms with Gasteiger partial charge in [0.2, 0.25) is 0 Å². The molecule has 38 heavy (non-hydrogen) atoms. The molecule has 6 heteroatoms. The lowest BCUT2D eigenvalue weighted by Crippen LogP contribution is -2.40. The summed E-state index contributed by atoms with van der Waals surface area (Å²) >= 11 is 0. The molecule has 0 heterocycles. The molecule has 5 rings (SSSR count). The van der Waals surface area contributed by atoms with Crippen LogP contribution in [-0.2, 0) is 0 Å². The van der Waals surface area contributed by atoms with E-state index in [9.17, 15) is 9.59 Å². The number of benzene rings is 5. The third kappa shape index (κ3) is 5.55. The minimum atomic E-state index is -0.364. The fourth-order valence-corrected chi connectivity index (χ4v) is 4.00. The second kappa shape index (κ2) is 11.6. The number of para-hydroxylation sites is 4. The smallest absolute Gasteiger partial charge is 0.277 e. The fourth-order valence-electron chi connectivity index (χ4n) is 4.00. The van der Waals surface area contributed by atoms with Gasteiger partial charge in [0.1, 0.15) is 0 Å². The van der Waals surface area contributed by atoms with Gasteiger partial charge in [-0.05, 0) is 60.7 Å². The van der Waals surface area contributed by atoms with E-state index in [2.05, 4.69) is 10.9 Å². The molecule has 186 valence electrons. The van der Waals surface area contributed by atoms with Crippen molar-refractivity contribution in [3.05, 3.63) is 157 Å². The first-order chi connectivity index (χ1) is 18.7. The summed E-state index contributed by atoms with van der Waals surface area (Å²) in [6, 6.07) is 44.3. The predicted octanol–water partition coefficient (Wildman–Crippen LogP) is 7.03. The number of amides is 2. The Hall–Kier alpha value is -5.36. The molecule has 0 bridgehead atoms. The van der Waals surface area contributed by atoms with Crippen LogP contribution < -0.4 is 20.9 Å². The molecule has 0 spiro atoms. The van der Waals surface area contributed by atoms with Crippen molar-refractivity contribution in [1.82, 2.24) is 0 Å². The molecule has 0 radical (unpaired) electrons. The third-order valence-corrected chi connectivity index (χ3v) is 5.85. The van der Waals surface area contributed by atoms with E-state index in [0.717, 1.165) is 11.4 Å². The normalized spacial score (nSPS) is 10.3. The van der Waals surface area contributed by atoms with Crippen molar-refractivity contribution in [3.8, 4) is 0 Å². The molecule has 0 fully saturated rings. The SMILES string of the molecule is O=C(c1ccccc1C(=O)N(Nc1ccccc1)c1ccccc1)N(Nc1ccccc1)c1ccccc1. The van der Waals surface area contributed by atoms with Gasteiger partial charge in [0.25, 0.3) is 11.8 Å². The lowest BCUT2D eigenvalue weighted by Gasteiger charge is -2.28. The molecule has 0 atom stereocenters. The van der Waals surface area contributed by atoms with Gasteiger partial charge in [0, 0.05) is 0 Å². The Kier molecular flexibility index (Phi) is 7.42. The Morgan fingerprint density at radius 1 is 0.395 bits per heavy atom. The van der Waals surface area contributed by atoms with E-state index in [-0.39, 0.29) is 22.9 Å². The molecule has 5 aromatic carbocycles. The summed E-state index contributed by atoms with van der Waals surface area (Å²) in [6.45, 7) is 0. The van der Waals surface area contributed by atoms with Crippen LogP contribution in [0.5, 0.6) is 0 Å². The van der Waals surface area contributed by atoms with E-state index < -0.39 is 0 Å². The highest BCUT2D eigenvalue weighted by molar-refractivity contribution is 6.17. The highest BCUT2D eigenvalue weighted by atomic mass is 16.2. The molecule has 0 saturated heterocycles. The monoisotopic (exact) mass is 498 g/mol. The van der Waals surface area contributed by atoms with Gasteiger partial charge in [-0.25, -0.2) is 10.0 Å². The van der Waals surface area contributed by atoms with Crippen molar-refractivity contribution in [2.45, 2.75) is 0 Å². The Bertz CT molecular complexity index is 1380. The van der Waals surface area contributed by atoms with Crippen molar-refractivity contribution >= 4 is 34.6 Å². The summed E-state index contributed by atoms with van der Waals surface area (Å²) in [5.41, 5.74) is 9.71. The number of carbonyl (C=O) groups excluding carboxylic acids is 2. The van der Waals surface area contributed by atoms with Gasteiger partial charge in [-0.15, -0.1) is 0 Å². The Morgan fingerprint density at radius 3 is 1.03 bits per heavy atom. The van der Waals surface area contributed by atoms with E-state index in [1.165, 1.54) is 10.0 Å². The van der Waals surface area contributed by atoms with Gasteiger partial charge in [-0.2, -0.15) is 0 Å². The topological polar surface area (TPSA) is 64.7 Å². The summed E-state index contributed by atoms with van der Waals surface area (Å²) in [4.78, 5) is 28.1. The Morgan fingerprint density at radius 2 is 0.684 bits per heavy atom. The summed E-state index contributed by atoms with van der Waals surface area (Å²) in [6.07, 6.45) is 0. The van der Waals surface area contributed by atoms with Crippen LogP contribution in [0.1, 0.15) is 20.7 Å². The molecule has 6 nitrogen and oxygen atoms in total. The molecule has 0 aliphatic carbocycles. The van der Waals surface area contributed by atoms with Crippen LogP contribution in [-0.4, -0.2) is 11.8 Å². The van der Waals surface area contributed by atoms with Gasteiger partial charge in [0.05, 0.1) is 33.9 Å². The molecule has 2 N–H and O–H groups in total. The van der Waals surface area contributed by atoms with Crippen LogP contribution in [0.25, 0.3) is 0 Å². The number of anilines is 4. The van der Waals surface area contributed by atoms with Crippen LogP contribution in [0.15, 0.2) is 146 Å². The number of carbonyl (C=O) groups is 2. The lowest BCUT2D eigenvalue weighted by molar-refractivity contribution is 0.0960. The molecule has 0 aliphatic heterocycles. The number of hydrogen-bond acceptors (Lipinski definition) is 4. The molecule has 0 aliphatic rings. The van der Waals surface area contributed by atoms with Gasteiger partial charge in [0.15, 0.2) is 0 Å². The molecule has 0 saturated carbocycles. The molecule has 5 aromatic rings. The van der Waals surface area contributed by atoms with E-state index in [0.29, 0.717) is 11.4 Å². The van der Waals surface area contributed by atoms with Gasteiger partial charge >= 0.3 is 0 Å². The van der Waals surface area contributed by atoms with Crippen molar-refractivity contribution in [2.24, 2.45) is 0 Å². The first-order valence-corrected chi connectivity index (χ1v) is 12.2. The predicted molar refractivity (Wildman–Crippen MR) is 153 cm³/mol. The van der Waals surface area contributed by atoms with Crippen LogP contribution in [0, 0.1) is 0 Å². The van der Waals surface area contributed by atoms with Crippen molar-refractivity contribution in [1.29, 1.82) is 0 Å². The van der Waals surface area contributed by atoms with Gasteiger partial charge < -0.3 is 0 Å². The maximum atomic E-state index is 14.1. The average Bonchev–Trinajstić information content (AvgIpc) is 3.00. The maximum Gasteiger partial charge on any atom is 0.277 e. The highest BCUT2D eigenvalue weighted by Gasteiger charge is 2.27. The highest BCUT2D eigenvalue weighted by Crippen LogP contribution is 2.24. The second-order valence-corrected chi connectivity index (χ2v) is 8.45. The van der Waals surface area contributed by atoms with Crippen molar-refractivity contribution in [2.75, 3.05) is 20.9 Å². The first kappa shape index (κ1) is 24.3. The zero-order valence-corrected chi connectivity index (χ0v) is 20.6.